The Hall–Kier alpha value is -1.82. The first-order valence-electron chi connectivity index (χ1n) is 5.75. The van der Waals surface area contributed by atoms with Gasteiger partial charge in [0.15, 0.2) is 5.75 Å². The smallest absolute Gasteiger partial charge is 0.333 e. The van der Waals surface area contributed by atoms with Crippen LogP contribution in [0.4, 0.5) is 11.4 Å². The molecule has 0 saturated carbocycles. The SMILES string of the molecule is CCOCC(C)Nc1cccc(OC)c1[N+](=O)[O-]. The molecule has 1 unspecified atom stereocenters. The maximum Gasteiger partial charge on any atom is 0.333 e. The second kappa shape index (κ2) is 6.80. The zero-order chi connectivity index (χ0) is 13.5. The van der Waals surface area contributed by atoms with E-state index in [9.17, 15) is 10.1 Å². The lowest BCUT2D eigenvalue weighted by molar-refractivity contribution is -0.384. The summed E-state index contributed by atoms with van der Waals surface area (Å²) in [6, 6.07) is 4.91. The summed E-state index contributed by atoms with van der Waals surface area (Å²) in [5.41, 5.74) is 0.384. The Kier molecular flexibility index (Phi) is 5.38. The van der Waals surface area contributed by atoms with E-state index in [2.05, 4.69) is 5.32 Å². The third kappa shape index (κ3) is 3.59. The summed E-state index contributed by atoms with van der Waals surface area (Å²) in [7, 11) is 1.41. The van der Waals surface area contributed by atoms with Crippen molar-refractivity contribution >= 4 is 11.4 Å². The fourth-order valence-corrected chi connectivity index (χ4v) is 1.59. The molecule has 0 aliphatic heterocycles. The first-order chi connectivity index (χ1) is 8.60. The second-order valence-electron chi connectivity index (χ2n) is 3.82. The summed E-state index contributed by atoms with van der Waals surface area (Å²) in [5, 5.41) is 14.1. The summed E-state index contributed by atoms with van der Waals surface area (Å²) < 4.78 is 10.3. The third-order valence-corrected chi connectivity index (χ3v) is 2.38. The van der Waals surface area contributed by atoms with E-state index in [1.807, 2.05) is 13.8 Å². The molecule has 100 valence electrons. The van der Waals surface area contributed by atoms with Gasteiger partial charge in [-0.3, -0.25) is 10.1 Å². The Labute approximate surface area is 106 Å². The van der Waals surface area contributed by atoms with Crippen LogP contribution in [0, 0.1) is 10.1 Å². The van der Waals surface area contributed by atoms with Crippen LogP contribution in [0.3, 0.4) is 0 Å². The molecule has 0 heterocycles. The molecule has 0 radical (unpaired) electrons. The molecule has 1 rings (SSSR count). The number of para-hydroxylation sites is 1. The number of rotatable bonds is 7. The van der Waals surface area contributed by atoms with Crippen molar-refractivity contribution in [1.82, 2.24) is 0 Å². The van der Waals surface area contributed by atoms with Gasteiger partial charge in [-0.25, -0.2) is 0 Å². The van der Waals surface area contributed by atoms with E-state index in [-0.39, 0.29) is 17.5 Å². The predicted molar refractivity (Wildman–Crippen MR) is 69.2 cm³/mol. The molecule has 0 aliphatic rings. The van der Waals surface area contributed by atoms with Crippen molar-refractivity contribution in [2.75, 3.05) is 25.6 Å². The highest BCUT2D eigenvalue weighted by molar-refractivity contribution is 5.68. The van der Waals surface area contributed by atoms with E-state index in [0.717, 1.165) is 0 Å². The van der Waals surface area contributed by atoms with Crippen LogP contribution in [-0.2, 0) is 4.74 Å². The van der Waals surface area contributed by atoms with Gasteiger partial charge in [-0.15, -0.1) is 0 Å². The van der Waals surface area contributed by atoms with Crippen LogP contribution in [0.15, 0.2) is 18.2 Å². The summed E-state index contributed by atoms with van der Waals surface area (Å²) in [4.78, 5) is 10.6. The Morgan fingerprint density at radius 1 is 1.50 bits per heavy atom. The van der Waals surface area contributed by atoms with Crippen molar-refractivity contribution in [3.63, 3.8) is 0 Å². The van der Waals surface area contributed by atoms with Gasteiger partial charge in [0.2, 0.25) is 0 Å². The molecule has 0 saturated heterocycles. The second-order valence-corrected chi connectivity index (χ2v) is 3.82. The maximum atomic E-state index is 11.1. The summed E-state index contributed by atoms with van der Waals surface area (Å²) >= 11 is 0. The van der Waals surface area contributed by atoms with Gasteiger partial charge in [0.05, 0.1) is 18.6 Å². The van der Waals surface area contributed by atoms with Crippen molar-refractivity contribution in [1.29, 1.82) is 0 Å². The summed E-state index contributed by atoms with van der Waals surface area (Å²) in [5.74, 6) is 0.244. The number of hydrogen-bond donors (Lipinski definition) is 1. The van der Waals surface area contributed by atoms with Gasteiger partial charge in [0, 0.05) is 12.6 Å². The number of methoxy groups -OCH3 is 1. The maximum absolute atomic E-state index is 11.1. The molecule has 1 aromatic rings. The monoisotopic (exact) mass is 254 g/mol. The summed E-state index contributed by atoms with van der Waals surface area (Å²) in [6.07, 6.45) is 0. The van der Waals surface area contributed by atoms with E-state index in [1.54, 1.807) is 18.2 Å². The van der Waals surface area contributed by atoms with E-state index >= 15 is 0 Å². The van der Waals surface area contributed by atoms with Crippen LogP contribution < -0.4 is 10.1 Å². The van der Waals surface area contributed by atoms with Gasteiger partial charge in [-0.2, -0.15) is 0 Å². The molecule has 0 bridgehead atoms. The summed E-state index contributed by atoms with van der Waals surface area (Å²) in [6.45, 7) is 4.91. The number of nitrogens with zero attached hydrogens (tertiary/aromatic N) is 1. The highest BCUT2D eigenvalue weighted by Crippen LogP contribution is 2.34. The average molecular weight is 254 g/mol. The Bertz CT molecular complexity index is 409. The molecule has 0 fully saturated rings. The lowest BCUT2D eigenvalue weighted by atomic mass is 10.2. The fourth-order valence-electron chi connectivity index (χ4n) is 1.59. The van der Waals surface area contributed by atoms with Crippen LogP contribution in [0.25, 0.3) is 0 Å². The van der Waals surface area contributed by atoms with Crippen LogP contribution in [0.5, 0.6) is 5.75 Å². The number of benzene rings is 1. The molecule has 0 aromatic heterocycles. The number of nitrogens with one attached hydrogen (secondary N) is 1. The van der Waals surface area contributed by atoms with Crippen molar-refractivity contribution < 1.29 is 14.4 Å². The fraction of sp³-hybridized carbons (Fsp3) is 0.500. The van der Waals surface area contributed by atoms with Crippen LogP contribution >= 0.6 is 0 Å². The van der Waals surface area contributed by atoms with Crippen LogP contribution in [-0.4, -0.2) is 31.3 Å². The van der Waals surface area contributed by atoms with E-state index in [0.29, 0.717) is 18.9 Å². The largest absolute Gasteiger partial charge is 0.490 e. The number of nitro benzene ring substituents is 1. The number of nitro groups is 1. The van der Waals surface area contributed by atoms with E-state index in [4.69, 9.17) is 9.47 Å². The molecule has 0 spiro atoms. The Morgan fingerprint density at radius 2 is 2.22 bits per heavy atom. The Balaban J connectivity index is 2.90. The lowest BCUT2D eigenvalue weighted by Gasteiger charge is -2.15. The predicted octanol–water partition coefficient (Wildman–Crippen LogP) is 2.44. The first kappa shape index (κ1) is 14.2. The number of anilines is 1. The van der Waals surface area contributed by atoms with Crippen molar-refractivity contribution in [2.45, 2.75) is 19.9 Å². The molecular formula is C12H18N2O4. The van der Waals surface area contributed by atoms with Gasteiger partial charge >= 0.3 is 5.69 Å². The molecular weight excluding hydrogens is 236 g/mol. The zero-order valence-corrected chi connectivity index (χ0v) is 10.8. The number of ether oxygens (including phenoxy) is 2. The molecule has 1 atom stereocenters. The molecule has 1 N–H and O–H groups in total. The van der Waals surface area contributed by atoms with Crippen molar-refractivity contribution in [3.8, 4) is 5.75 Å². The topological polar surface area (TPSA) is 73.6 Å². The Morgan fingerprint density at radius 3 is 2.78 bits per heavy atom. The zero-order valence-electron chi connectivity index (χ0n) is 10.8. The van der Waals surface area contributed by atoms with Crippen molar-refractivity contribution in [2.24, 2.45) is 0 Å². The quantitative estimate of drug-likeness (QED) is 0.597. The normalized spacial score (nSPS) is 11.9. The van der Waals surface area contributed by atoms with Gasteiger partial charge in [0.25, 0.3) is 0 Å². The highest BCUT2D eigenvalue weighted by Gasteiger charge is 2.21. The highest BCUT2D eigenvalue weighted by atomic mass is 16.6. The standard InChI is InChI=1S/C12H18N2O4/c1-4-18-8-9(2)13-10-6-5-7-11(17-3)12(10)14(15)16/h5-7,9,13H,4,8H2,1-3H3. The van der Waals surface area contributed by atoms with Crippen LogP contribution in [0.2, 0.25) is 0 Å². The molecule has 18 heavy (non-hydrogen) atoms. The van der Waals surface area contributed by atoms with Crippen LogP contribution in [0.1, 0.15) is 13.8 Å². The molecule has 6 nitrogen and oxygen atoms in total. The average Bonchev–Trinajstić information content (AvgIpc) is 2.35. The minimum absolute atomic E-state index is 0.0178. The van der Waals surface area contributed by atoms with Gasteiger partial charge < -0.3 is 14.8 Å². The van der Waals surface area contributed by atoms with E-state index in [1.165, 1.54) is 7.11 Å². The van der Waals surface area contributed by atoms with Gasteiger partial charge in [-0.05, 0) is 26.0 Å². The lowest BCUT2D eigenvalue weighted by Crippen LogP contribution is -2.22. The molecule has 0 aliphatic carbocycles. The number of hydrogen-bond acceptors (Lipinski definition) is 5. The van der Waals surface area contributed by atoms with Gasteiger partial charge in [-0.1, -0.05) is 6.07 Å². The molecule has 6 heteroatoms. The minimum Gasteiger partial charge on any atom is -0.490 e. The third-order valence-electron chi connectivity index (χ3n) is 2.38. The van der Waals surface area contributed by atoms with Gasteiger partial charge in [0.1, 0.15) is 5.69 Å². The first-order valence-corrected chi connectivity index (χ1v) is 5.75. The van der Waals surface area contributed by atoms with Crippen molar-refractivity contribution in [3.05, 3.63) is 28.3 Å². The molecule has 1 aromatic carbocycles. The van der Waals surface area contributed by atoms with E-state index < -0.39 is 4.92 Å². The molecule has 0 amide bonds. The minimum atomic E-state index is -0.450.